The molecule has 1 rings (SSSR count). The predicted molar refractivity (Wildman–Crippen MR) is 69.5 cm³/mol. The fourth-order valence-corrected chi connectivity index (χ4v) is 2.15. The Morgan fingerprint density at radius 1 is 1.32 bits per heavy atom. The van der Waals surface area contributed by atoms with Crippen LogP contribution in [0.2, 0.25) is 0 Å². The number of rotatable bonds is 5. The van der Waals surface area contributed by atoms with Crippen molar-refractivity contribution < 1.29 is 23.1 Å². The zero-order chi connectivity index (χ0) is 14.6. The Labute approximate surface area is 110 Å². The van der Waals surface area contributed by atoms with Crippen molar-refractivity contribution in [1.29, 1.82) is 0 Å². The van der Waals surface area contributed by atoms with Gasteiger partial charge in [0.15, 0.2) is 5.25 Å². The summed E-state index contributed by atoms with van der Waals surface area (Å²) in [5.74, 6) is -1.82. The molecule has 0 aromatic heterocycles. The van der Waals surface area contributed by atoms with E-state index in [9.17, 15) is 18.0 Å². The molecule has 0 heterocycles. The van der Waals surface area contributed by atoms with Crippen LogP contribution in [0.4, 0.5) is 5.69 Å². The van der Waals surface area contributed by atoms with Gasteiger partial charge < -0.3 is 10.4 Å². The van der Waals surface area contributed by atoms with Crippen LogP contribution in [0.15, 0.2) is 24.3 Å². The van der Waals surface area contributed by atoms with E-state index in [-0.39, 0.29) is 17.2 Å². The quantitative estimate of drug-likeness (QED) is 0.718. The molecule has 0 aliphatic rings. The highest BCUT2D eigenvalue weighted by molar-refractivity contribution is 7.94. The molecule has 0 fully saturated rings. The third-order valence-corrected chi connectivity index (χ3v) is 4.08. The molecule has 0 radical (unpaired) electrons. The summed E-state index contributed by atoms with van der Waals surface area (Å²) in [6.07, 6.45) is 0. The molecule has 3 N–H and O–H groups in total. The Hall–Kier alpha value is -2.09. The molecule has 0 bridgehead atoms. The van der Waals surface area contributed by atoms with Gasteiger partial charge in [0.05, 0.1) is 0 Å². The molecule has 0 aliphatic heterocycles. The van der Waals surface area contributed by atoms with Crippen LogP contribution in [0.25, 0.3) is 0 Å². The Kier molecular flexibility index (Phi) is 4.49. The summed E-state index contributed by atoms with van der Waals surface area (Å²) in [5, 5.41) is 9.51. The van der Waals surface area contributed by atoms with E-state index in [1.165, 1.54) is 31.3 Å². The van der Waals surface area contributed by atoms with E-state index in [1.54, 1.807) is 0 Å². The van der Waals surface area contributed by atoms with Crippen LogP contribution in [-0.2, 0) is 14.8 Å². The van der Waals surface area contributed by atoms with Crippen molar-refractivity contribution in [1.82, 2.24) is 5.32 Å². The highest BCUT2D eigenvalue weighted by Gasteiger charge is 2.27. The monoisotopic (exact) mass is 286 g/mol. The standard InChI is InChI=1S/C11H14N2O5S/c1-7(11(15)16)19(17,18)13-9-5-3-4-8(6-9)10(14)12-2/h3-7,13H,1-2H3,(H,12,14)(H,15,16). The largest absolute Gasteiger partial charge is 0.480 e. The summed E-state index contributed by atoms with van der Waals surface area (Å²) in [5.41, 5.74) is 0.403. The van der Waals surface area contributed by atoms with Gasteiger partial charge in [0.2, 0.25) is 10.0 Å². The minimum Gasteiger partial charge on any atom is -0.480 e. The number of carbonyl (C=O) groups is 2. The van der Waals surface area contributed by atoms with Crippen LogP contribution in [0.1, 0.15) is 17.3 Å². The van der Waals surface area contributed by atoms with Crippen molar-refractivity contribution >= 4 is 27.6 Å². The first-order valence-electron chi connectivity index (χ1n) is 5.34. The first-order chi connectivity index (χ1) is 8.77. The van der Waals surface area contributed by atoms with Gasteiger partial charge in [0.25, 0.3) is 5.91 Å². The normalized spacial score (nSPS) is 12.5. The van der Waals surface area contributed by atoms with Crippen molar-refractivity contribution in [3.05, 3.63) is 29.8 Å². The average Bonchev–Trinajstić information content (AvgIpc) is 2.36. The summed E-state index contributed by atoms with van der Waals surface area (Å²) in [6, 6.07) is 5.76. The Morgan fingerprint density at radius 2 is 1.95 bits per heavy atom. The maximum Gasteiger partial charge on any atom is 0.323 e. The van der Waals surface area contributed by atoms with Crippen LogP contribution in [0.5, 0.6) is 0 Å². The molecule has 1 aromatic carbocycles. The summed E-state index contributed by atoms with van der Waals surface area (Å²) >= 11 is 0. The molecular weight excluding hydrogens is 272 g/mol. The molecule has 1 atom stereocenters. The lowest BCUT2D eigenvalue weighted by molar-refractivity contribution is -0.136. The third-order valence-electron chi connectivity index (χ3n) is 2.43. The lowest BCUT2D eigenvalue weighted by Gasteiger charge is -2.11. The number of aliphatic carboxylic acids is 1. The SMILES string of the molecule is CNC(=O)c1cccc(NS(=O)(=O)C(C)C(=O)O)c1. The first kappa shape index (κ1) is 15.0. The van der Waals surface area contributed by atoms with Gasteiger partial charge in [-0.05, 0) is 25.1 Å². The first-order valence-corrected chi connectivity index (χ1v) is 6.89. The third kappa shape index (κ3) is 3.68. The van der Waals surface area contributed by atoms with E-state index in [0.717, 1.165) is 6.92 Å². The van der Waals surface area contributed by atoms with Crippen LogP contribution in [0.3, 0.4) is 0 Å². The van der Waals surface area contributed by atoms with Crippen LogP contribution < -0.4 is 10.0 Å². The van der Waals surface area contributed by atoms with Gasteiger partial charge in [-0.15, -0.1) is 0 Å². The second-order valence-electron chi connectivity index (χ2n) is 3.79. The number of nitrogens with one attached hydrogen (secondary N) is 2. The summed E-state index contributed by atoms with van der Waals surface area (Å²) in [6.45, 7) is 1.06. The molecule has 8 heteroatoms. The van der Waals surface area contributed by atoms with E-state index in [4.69, 9.17) is 5.11 Å². The average molecular weight is 286 g/mol. The molecule has 1 aromatic rings. The number of amides is 1. The molecule has 0 spiro atoms. The van der Waals surface area contributed by atoms with Crippen LogP contribution in [-0.4, -0.2) is 37.7 Å². The molecule has 1 amide bonds. The number of benzene rings is 1. The molecule has 0 aliphatic carbocycles. The lowest BCUT2D eigenvalue weighted by atomic mass is 10.2. The van der Waals surface area contributed by atoms with Crippen molar-refractivity contribution in [2.75, 3.05) is 11.8 Å². The zero-order valence-electron chi connectivity index (χ0n) is 10.4. The number of anilines is 1. The van der Waals surface area contributed by atoms with Gasteiger partial charge in [-0.2, -0.15) is 0 Å². The second kappa shape index (κ2) is 5.70. The van der Waals surface area contributed by atoms with Crippen molar-refractivity contribution in [3.63, 3.8) is 0 Å². The number of sulfonamides is 1. The van der Waals surface area contributed by atoms with Crippen molar-refractivity contribution in [3.8, 4) is 0 Å². The minimum absolute atomic E-state index is 0.134. The zero-order valence-corrected chi connectivity index (χ0v) is 11.2. The summed E-state index contributed by atoms with van der Waals surface area (Å²) < 4.78 is 25.5. The van der Waals surface area contributed by atoms with Gasteiger partial charge in [0.1, 0.15) is 0 Å². The fourth-order valence-electron chi connectivity index (χ4n) is 1.25. The van der Waals surface area contributed by atoms with Crippen LogP contribution >= 0.6 is 0 Å². The maximum absolute atomic E-state index is 11.7. The molecule has 7 nitrogen and oxygen atoms in total. The van der Waals surface area contributed by atoms with E-state index < -0.39 is 21.2 Å². The minimum atomic E-state index is -4.04. The molecule has 0 saturated heterocycles. The highest BCUT2D eigenvalue weighted by atomic mass is 32.2. The Balaban J connectivity index is 3.01. The van der Waals surface area contributed by atoms with Crippen LogP contribution in [0, 0.1) is 0 Å². The van der Waals surface area contributed by atoms with E-state index >= 15 is 0 Å². The number of carboxylic acid groups (broad SMARTS) is 1. The molecule has 104 valence electrons. The van der Waals surface area contributed by atoms with Gasteiger partial charge in [0, 0.05) is 18.3 Å². The van der Waals surface area contributed by atoms with Gasteiger partial charge in [-0.1, -0.05) is 6.07 Å². The Morgan fingerprint density at radius 3 is 2.47 bits per heavy atom. The summed E-state index contributed by atoms with van der Waals surface area (Å²) in [4.78, 5) is 22.1. The lowest BCUT2D eigenvalue weighted by Crippen LogP contribution is -2.32. The molecule has 1 unspecified atom stereocenters. The number of carboxylic acids is 1. The second-order valence-corrected chi connectivity index (χ2v) is 5.79. The molecule has 0 saturated carbocycles. The predicted octanol–water partition coefficient (Wildman–Crippen LogP) is 0.261. The highest BCUT2D eigenvalue weighted by Crippen LogP contribution is 2.14. The smallest absolute Gasteiger partial charge is 0.323 e. The van der Waals surface area contributed by atoms with E-state index in [1.807, 2.05) is 0 Å². The maximum atomic E-state index is 11.7. The van der Waals surface area contributed by atoms with Crippen molar-refractivity contribution in [2.24, 2.45) is 0 Å². The number of hydrogen-bond donors (Lipinski definition) is 3. The Bertz CT molecular complexity index is 597. The van der Waals surface area contributed by atoms with Gasteiger partial charge in [-0.3, -0.25) is 14.3 Å². The molecule has 19 heavy (non-hydrogen) atoms. The van der Waals surface area contributed by atoms with Crippen molar-refractivity contribution in [2.45, 2.75) is 12.2 Å². The summed E-state index contributed by atoms with van der Waals surface area (Å²) in [7, 11) is -2.59. The number of hydrogen-bond acceptors (Lipinski definition) is 4. The van der Waals surface area contributed by atoms with Gasteiger partial charge >= 0.3 is 5.97 Å². The number of carbonyl (C=O) groups excluding carboxylic acids is 1. The van der Waals surface area contributed by atoms with E-state index in [0.29, 0.717) is 0 Å². The van der Waals surface area contributed by atoms with E-state index in [2.05, 4.69) is 10.0 Å². The topological polar surface area (TPSA) is 113 Å². The molecular formula is C11H14N2O5S. The van der Waals surface area contributed by atoms with Gasteiger partial charge in [-0.25, -0.2) is 8.42 Å². The fraction of sp³-hybridized carbons (Fsp3) is 0.273.